The molecule has 0 spiro atoms. The van der Waals surface area contributed by atoms with Crippen molar-refractivity contribution >= 4 is 11.8 Å². The largest absolute Gasteiger partial charge is 0.394 e. The van der Waals surface area contributed by atoms with E-state index in [2.05, 4.69) is 5.32 Å². The molecule has 0 fully saturated rings. The fourth-order valence-electron chi connectivity index (χ4n) is 1.08. The Balaban J connectivity index is 3.87. The van der Waals surface area contributed by atoms with Crippen molar-refractivity contribution in [2.75, 3.05) is 6.61 Å². The summed E-state index contributed by atoms with van der Waals surface area (Å²) in [6.07, 6.45) is -0.328. The van der Waals surface area contributed by atoms with Gasteiger partial charge in [-0.2, -0.15) is 0 Å². The first-order valence-corrected chi connectivity index (χ1v) is 4.82. The van der Waals surface area contributed by atoms with Crippen LogP contribution in [0.1, 0.15) is 26.2 Å². The maximum atomic E-state index is 11.2. The van der Waals surface area contributed by atoms with Gasteiger partial charge in [0.15, 0.2) is 0 Å². The number of aliphatic hydroxyl groups is 2. The first-order chi connectivity index (χ1) is 6.95. The Labute approximate surface area is 88.5 Å². The van der Waals surface area contributed by atoms with Crippen LogP contribution in [0.4, 0.5) is 0 Å². The summed E-state index contributed by atoms with van der Waals surface area (Å²) in [5.74, 6) is -0.827. The van der Waals surface area contributed by atoms with Gasteiger partial charge in [-0.3, -0.25) is 9.59 Å². The Bertz CT molecular complexity index is 218. The van der Waals surface area contributed by atoms with Gasteiger partial charge < -0.3 is 21.3 Å². The zero-order valence-corrected chi connectivity index (χ0v) is 8.77. The molecular weight excluding hydrogens is 200 g/mol. The van der Waals surface area contributed by atoms with Gasteiger partial charge in [0.25, 0.3) is 0 Å². The van der Waals surface area contributed by atoms with Crippen molar-refractivity contribution in [2.24, 2.45) is 5.73 Å². The minimum absolute atomic E-state index is 0.0208. The van der Waals surface area contributed by atoms with E-state index in [4.69, 9.17) is 15.9 Å². The summed E-state index contributed by atoms with van der Waals surface area (Å²) in [5, 5.41) is 20.3. The predicted molar refractivity (Wildman–Crippen MR) is 53.7 cm³/mol. The molecule has 0 bridgehead atoms. The molecule has 0 rings (SSSR count). The molecule has 6 heteroatoms. The molecule has 0 radical (unpaired) electrons. The summed E-state index contributed by atoms with van der Waals surface area (Å²) in [4.78, 5) is 21.6. The van der Waals surface area contributed by atoms with Crippen molar-refractivity contribution in [2.45, 2.75) is 38.3 Å². The van der Waals surface area contributed by atoms with Gasteiger partial charge in [-0.05, 0) is 13.3 Å². The number of aliphatic hydroxyl groups excluding tert-OH is 2. The Morgan fingerprint density at radius 1 is 1.47 bits per heavy atom. The molecule has 2 amide bonds. The van der Waals surface area contributed by atoms with E-state index >= 15 is 0 Å². The topological polar surface area (TPSA) is 113 Å². The molecule has 1 unspecified atom stereocenters. The normalized spacial score (nSPS) is 14.3. The molecule has 0 aromatic rings. The summed E-state index contributed by atoms with van der Waals surface area (Å²) in [7, 11) is 0. The standard InChI is InChI=1S/C9H18N2O4/c1-6(13)4-9(15)11-7(5-12)2-3-8(10)14/h6-7,12-13H,2-5H2,1H3,(H2,10,14)(H,11,15)/t6?,7-/m0/s1. The predicted octanol–water partition coefficient (Wildman–Crippen LogP) is -1.50. The number of rotatable bonds is 7. The molecule has 88 valence electrons. The Hall–Kier alpha value is -1.14. The summed E-state index contributed by atoms with van der Waals surface area (Å²) in [5.41, 5.74) is 4.93. The monoisotopic (exact) mass is 218 g/mol. The number of carbonyl (C=O) groups excluding carboxylic acids is 2. The van der Waals surface area contributed by atoms with Gasteiger partial charge in [0.1, 0.15) is 0 Å². The van der Waals surface area contributed by atoms with Crippen LogP contribution in [-0.4, -0.2) is 40.8 Å². The molecular formula is C9H18N2O4. The fourth-order valence-corrected chi connectivity index (χ4v) is 1.08. The van der Waals surface area contributed by atoms with Crippen LogP contribution >= 0.6 is 0 Å². The smallest absolute Gasteiger partial charge is 0.222 e. The van der Waals surface area contributed by atoms with Gasteiger partial charge in [-0.25, -0.2) is 0 Å². The van der Waals surface area contributed by atoms with Crippen molar-refractivity contribution in [1.82, 2.24) is 5.32 Å². The summed E-state index contributed by atoms with van der Waals surface area (Å²) in [6, 6.07) is -0.483. The van der Waals surface area contributed by atoms with Crippen molar-refractivity contribution in [3.63, 3.8) is 0 Å². The third-order valence-corrected chi connectivity index (χ3v) is 1.81. The molecule has 2 atom stereocenters. The van der Waals surface area contributed by atoms with Crippen LogP contribution in [0.15, 0.2) is 0 Å². The lowest BCUT2D eigenvalue weighted by Crippen LogP contribution is -2.39. The van der Waals surface area contributed by atoms with E-state index in [9.17, 15) is 9.59 Å². The summed E-state index contributed by atoms with van der Waals surface area (Å²) >= 11 is 0. The molecule has 0 aliphatic rings. The van der Waals surface area contributed by atoms with Gasteiger partial charge in [0, 0.05) is 6.42 Å². The Morgan fingerprint density at radius 3 is 2.47 bits per heavy atom. The molecule has 0 aliphatic carbocycles. The molecule has 0 aliphatic heterocycles. The summed E-state index contributed by atoms with van der Waals surface area (Å²) < 4.78 is 0. The quantitative estimate of drug-likeness (QED) is 0.416. The lowest BCUT2D eigenvalue weighted by molar-refractivity contribution is -0.124. The third kappa shape index (κ3) is 7.90. The number of hydrogen-bond donors (Lipinski definition) is 4. The van der Waals surface area contributed by atoms with Crippen LogP contribution in [0, 0.1) is 0 Å². The van der Waals surface area contributed by atoms with E-state index in [1.807, 2.05) is 0 Å². The number of amides is 2. The summed E-state index contributed by atoms with van der Waals surface area (Å²) in [6.45, 7) is 1.25. The van der Waals surface area contributed by atoms with E-state index in [-0.39, 0.29) is 25.4 Å². The van der Waals surface area contributed by atoms with Gasteiger partial charge >= 0.3 is 0 Å². The number of nitrogens with one attached hydrogen (secondary N) is 1. The SMILES string of the molecule is CC(O)CC(=O)N[C@H](CO)CCC(N)=O. The van der Waals surface area contributed by atoms with E-state index in [0.717, 1.165) is 0 Å². The van der Waals surface area contributed by atoms with Gasteiger partial charge in [-0.1, -0.05) is 0 Å². The molecule has 15 heavy (non-hydrogen) atoms. The van der Waals surface area contributed by atoms with E-state index in [1.54, 1.807) is 0 Å². The number of primary amides is 1. The lowest BCUT2D eigenvalue weighted by Gasteiger charge is -2.15. The minimum Gasteiger partial charge on any atom is -0.394 e. The molecule has 0 saturated carbocycles. The number of nitrogens with two attached hydrogens (primary N) is 1. The van der Waals surface area contributed by atoms with Crippen LogP contribution < -0.4 is 11.1 Å². The number of carbonyl (C=O) groups is 2. The van der Waals surface area contributed by atoms with Crippen LogP contribution in [0.5, 0.6) is 0 Å². The van der Waals surface area contributed by atoms with Gasteiger partial charge in [0.05, 0.1) is 25.2 Å². The molecule has 6 nitrogen and oxygen atoms in total. The lowest BCUT2D eigenvalue weighted by atomic mass is 10.1. The Morgan fingerprint density at radius 2 is 2.07 bits per heavy atom. The number of hydrogen-bond acceptors (Lipinski definition) is 4. The molecule has 0 aromatic heterocycles. The average Bonchev–Trinajstić information content (AvgIpc) is 2.10. The highest BCUT2D eigenvalue weighted by Crippen LogP contribution is 1.98. The second kappa shape index (κ2) is 7.19. The van der Waals surface area contributed by atoms with Crippen LogP contribution in [0.25, 0.3) is 0 Å². The molecule has 0 heterocycles. The highest BCUT2D eigenvalue weighted by atomic mass is 16.3. The maximum absolute atomic E-state index is 11.2. The van der Waals surface area contributed by atoms with Crippen molar-refractivity contribution in [3.05, 3.63) is 0 Å². The third-order valence-electron chi connectivity index (χ3n) is 1.81. The average molecular weight is 218 g/mol. The molecule has 5 N–H and O–H groups in total. The van der Waals surface area contributed by atoms with E-state index in [1.165, 1.54) is 6.92 Å². The van der Waals surface area contributed by atoms with Crippen molar-refractivity contribution < 1.29 is 19.8 Å². The molecule has 0 saturated heterocycles. The first kappa shape index (κ1) is 13.9. The second-order valence-corrected chi connectivity index (χ2v) is 3.51. The minimum atomic E-state index is -0.722. The molecule has 0 aromatic carbocycles. The fraction of sp³-hybridized carbons (Fsp3) is 0.778. The highest BCUT2D eigenvalue weighted by molar-refractivity contribution is 5.77. The highest BCUT2D eigenvalue weighted by Gasteiger charge is 2.13. The zero-order chi connectivity index (χ0) is 11.8. The van der Waals surface area contributed by atoms with Gasteiger partial charge in [-0.15, -0.1) is 0 Å². The van der Waals surface area contributed by atoms with Crippen molar-refractivity contribution in [1.29, 1.82) is 0 Å². The van der Waals surface area contributed by atoms with E-state index < -0.39 is 18.1 Å². The first-order valence-electron chi connectivity index (χ1n) is 4.82. The zero-order valence-electron chi connectivity index (χ0n) is 8.77. The van der Waals surface area contributed by atoms with Crippen LogP contribution in [0.3, 0.4) is 0 Å². The Kier molecular flexibility index (Phi) is 6.64. The van der Waals surface area contributed by atoms with Crippen molar-refractivity contribution in [3.8, 4) is 0 Å². The second-order valence-electron chi connectivity index (χ2n) is 3.51. The van der Waals surface area contributed by atoms with Gasteiger partial charge in [0.2, 0.25) is 11.8 Å². The maximum Gasteiger partial charge on any atom is 0.222 e. The van der Waals surface area contributed by atoms with Crippen LogP contribution in [-0.2, 0) is 9.59 Å². The van der Waals surface area contributed by atoms with E-state index in [0.29, 0.717) is 6.42 Å². The van der Waals surface area contributed by atoms with Crippen LogP contribution in [0.2, 0.25) is 0 Å².